The lowest BCUT2D eigenvalue weighted by Gasteiger charge is -1.99. The van der Waals surface area contributed by atoms with Gasteiger partial charge in [0, 0.05) is 16.1 Å². The second kappa shape index (κ2) is 2.83. The van der Waals surface area contributed by atoms with Gasteiger partial charge in [0.1, 0.15) is 5.82 Å². The van der Waals surface area contributed by atoms with Crippen molar-refractivity contribution in [2.24, 2.45) is 0 Å². The van der Waals surface area contributed by atoms with Gasteiger partial charge in [-0.25, -0.2) is 4.39 Å². The number of hydrogen-bond acceptors (Lipinski definition) is 0. The maximum Gasteiger partial charge on any atom is 0.147 e. The number of rotatable bonds is 1. The Hall–Kier alpha value is -0.830. The maximum atomic E-state index is 13.4. The number of aromatic amines is 1. The largest absolute Gasteiger partial charge is 0.358 e. The fourth-order valence-corrected chi connectivity index (χ4v) is 2.47. The molecule has 0 unspecified atom stereocenters. The number of H-pyrrole nitrogens is 1. The Morgan fingerprint density at radius 3 is 2.86 bits per heavy atom. The Labute approximate surface area is 89.4 Å². The molecular weight excluding hydrogens is 245 g/mol. The van der Waals surface area contributed by atoms with E-state index in [9.17, 15) is 4.39 Å². The number of aromatic nitrogens is 1. The summed E-state index contributed by atoms with van der Waals surface area (Å²) in [6.07, 6.45) is 4.40. The summed E-state index contributed by atoms with van der Waals surface area (Å²) < 4.78 is 14.4. The molecule has 3 heteroatoms. The van der Waals surface area contributed by atoms with Gasteiger partial charge in [0.15, 0.2) is 0 Å². The zero-order valence-electron chi connectivity index (χ0n) is 7.48. The van der Waals surface area contributed by atoms with Gasteiger partial charge in [0.2, 0.25) is 0 Å². The molecule has 0 amide bonds. The van der Waals surface area contributed by atoms with E-state index >= 15 is 0 Å². The van der Waals surface area contributed by atoms with Crippen molar-refractivity contribution < 1.29 is 4.39 Å². The van der Waals surface area contributed by atoms with Crippen molar-refractivity contribution >= 4 is 26.8 Å². The molecule has 0 radical (unpaired) electrons. The molecule has 0 spiro atoms. The Balaban J connectivity index is 2.37. The highest BCUT2D eigenvalue weighted by Crippen LogP contribution is 2.45. The van der Waals surface area contributed by atoms with Crippen molar-refractivity contribution in [2.75, 3.05) is 0 Å². The fourth-order valence-electron chi connectivity index (χ4n) is 1.91. The second-order valence-corrected chi connectivity index (χ2v) is 4.65. The van der Waals surface area contributed by atoms with E-state index in [4.69, 9.17) is 0 Å². The molecule has 3 rings (SSSR count). The number of fused-ring (bicyclic) bond motifs is 1. The molecular formula is C11H9BrFN. The van der Waals surface area contributed by atoms with Gasteiger partial charge in [-0.1, -0.05) is 15.9 Å². The normalized spacial score (nSPS) is 16.4. The molecule has 72 valence electrons. The van der Waals surface area contributed by atoms with Crippen molar-refractivity contribution in [3.8, 4) is 0 Å². The maximum absolute atomic E-state index is 13.4. The van der Waals surface area contributed by atoms with E-state index in [2.05, 4.69) is 20.9 Å². The van der Waals surface area contributed by atoms with E-state index in [0.29, 0.717) is 11.4 Å². The first-order chi connectivity index (χ1) is 6.77. The van der Waals surface area contributed by atoms with Crippen molar-refractivity contribution in [2.45, 2.75) is 18.8 Å². The van der Waals surface area contributed by atoms with Crippen LogP contribution in [0.4, 0.5) is 4.39 Å². The minimum Gasteiger partial charge on any atom is -0.358 e. The van der Waals surface area contributed by atoms with E-state index in [1.165, 1.54) is 24.5 Å². The minimum absolute atomic E-state index is 0.171. The average Bonchev–Trinajstić information content (AvgIpc) is 2.91. The van der Waals surface area contributed by atoms with Crippen LogP contribution in [-0.2, 0) is 0 Å². The van der Waals surface area contributed by atoms with E-state index in [-0.39, 0.29) is 5.82 Å². The lowest BCUT2D eigenvalue weighted by Crippen LogP contribution is -1.80. The van der Waals surface area contributed by atoms with Crippen molar-refractivity contribution in [1.82, 2.24) is 4.98 Å². The zero-order valence-corrected chi connectivity index (χ0v) is 9.07. The topological polar surface area (TPSA) is 15.8 Å². The molecule has 0 bridgehead atoms. The summed E-state index contributed by atoms with van der Waals surface area (Å²) in [5, 5.41) is 1.02. The van der Waals surface area contributed by atoms with Gasteiger partial charge in [-0.2, -0.15) is 0 Å². The third-order valence-corrected chi connectivity index (χ3v) is 3.44. The van der Waals surface area contributed by atoms with Crippen LogP contribution in [0, 0.1) is 5.82 Å². The summed E-state index contributed by atoms with van der Waals surface area (Å²) >= 11 is 3.47. The Morgan fingerprint density at radius 2 is 2.14 bits per heavy atom. The highest BCUT2D eigenvalue weighted by molar-refractivity contribution is 9.10. The van der Waals surface area contributed by atoms with Crippen LogP contribution >= 0.6 is 15.9 Å². The molecule has 1 N–H and O–H groups in total. The van der Waals surface area contributed by atoms with Crippen LogP contribution in [-0.4, -0.2) is 4.98 Å². The summed E-state index contributed by atoms with van der Waals surface area (Å²) in [6.45, 7) is 0. The van der Waals surface area contributed by atoms with Crippen molar-refractivity contribution in [3.05, 3.63) is 34.2 Å². The summed E-state index contributed by atoms with van der Waals surface area (Å²) in [6, 6.07) is 3.26. The van der Waals surface area contributed by atoms with Gasteiger partial charge in [-0.05, 0) is 36.5 Å². The van der Waals surface area contributed by atoms with Crippen LogP contribution in [0.25, 0.3) is 10.9 Å². The molecule has 1 saturated carbocycles. The van der Waals surface area contributed by atoms with Gasteiger partial charge < -0.3 is 4.98 Å². The number of hydrogen-bond donors (Lipinski definition) is 1. The van der Waals surface area contributed by atoms with Crippen LogP contribution in [0.5, 0.6) is 0 Å². The van der Waals surface area contributed by atoms with E-state index < -0.39 is 0 Å². The predicted octanol–water partition coefficient (Wildman–Crippen LogP) is 3.95. The van der Waals surface area contributed by atoms with Gasteiger partial charge in [-0.3, -0.25) is 0 Å². The summed E-state index contributed by atoms with van der Waals surface area (Å²) in [7, 11) is 0. The standard InChI is InChI=1S/C11H9BrFN/c12-8-3-4-9(13)11-10(8)7(5-14-11)6-1-2-6/h3-6,14H,1-2H2. The van der Waals surface area contributed by atoms with Crippen LogP contribution in [0.3, 0.4) is 0 Å². The van der Waals surface area contributed by atoms with Crippen LogP contribution in [0.2, 0.25) is 0 Å². The first kappa shape index (κ1) is 8.48. The number of nitrogens with one attached hydrogen (secondary N) is 1. The van der Waals surface area contributed by atoms with Gasteiger partial charge in [0.05, 0.1) is 5.52 Å². The Bertz CT molecular complexity index is 499. The summed E-state index contributed by atoms with van der Waals surface area (Å²) in [5.41, 5.74) is 1.88. The smallest absolute Gasteiger partial charge is 0.147 e. The first-order valence-electron chi connectivity index (χ1n) is 4.72. The minimum atomic E-state index is -0.171. The third-order valence-electron chi connectivity index (χ3n) is 2.78. The molecule has 0 atom stereocenters. The molecule has 1 aliphatic carbocycles. The predicted molar refractivity (Wildman–Crippen MR) is 57.9 cm³/mol. The first-order valence-corrected chi connectivity index (χ1v) is 5.51. The van der Waals surface area contributed by atoms with Crippen molar-refractivity contribution in [1.29, 1.82) is 0 Å². The number of halogens is 2. The lowest BCUT2D eigenvalue weighted by atomic mass is 10.1. The fraction of sp³-hybridized carbons (Fsp3) is 0.273. The second-order valence-electron chi connectivity index (χ2n) is 3.80. The molecule has 0 aliphatic heterocycles. The van der Waals surface area contributed by atoms with Crippen LogP contribution < -0.4 is 0 Å². The highest BCUT2D eigenvalue weighted by atomic mass is 79.9. The Kier molecular flexibility index (Phi) is 1.71. The van der Waals surface area contributed by atoms with Gasteiger partial charge in [0.25, 0.3) is 0 Å². The molecule has 1 aromatic carbocycles. The molecule has 2 aromatic rings. The summed E-state index contributed by atoms with van der Waals surface area (Å²) in [4.78, 5) is 3.01. The molecule has 14 heavy (non-hydrogen) atoms. The lowest BCUT2D eigenvalue weighted by molar-refractivity contribution is 0.637. The van der Waals surface area contributed by atoms with E-state index in [1.54, 1.807) is 6.07 Å². The van der Waals surface area contributed by atoms with Crippen LogP contribution in [0.15, 0.2) is 22.8 Å². The third kappa shape index (κ3) is 1.12. The molecule has 1 fully saturated rings. The summed E-state index contributed by atoms with van der Waals surface area (Å²) in [5.74, 6) is 0.469. The SMILES string of the molecule is Fc1ccc(Br)c2c(C3CC3)c[nH]c12. The average molecular weight is 254 g/mol. The highest BCUT2D eigenvalue weighted by Gasteiger charge is 2.27. The molecule has 0 saturated heterocycles. The molecule has 1 nitrogen and oxygen atoms in total. The molecule has 1 aliphatic rings. The van der Waals surface area contributed by atoms with E-state index in [0.717, 1.165) is 9.86 Å². The molecule has 1 aromatic heterocycles. The molecule has 1 heterocycles. The number of benzene rings is 1. The Morgan fingerprint density at radius 1 is 1.36 bits per heavy atom. The monoisotopic (exact) mass is 253 g/mol. The van der Waals surface area contributed by atoms with Gasteiger partial charge in [-0.15, -0.1) is 0 Å². The quantitative estimate of drug-likeness (QED) is 0.793. The van der Waals surface area contributed by atoms with Crippen LogP contribution in [0.1, 0.15) is 24.3 Å². The van der Waals surface area contributed by atoms with Crippen molar-refractivity contribution in [3.63, 3.8) is 0 Å². The zero-order chi connectivity index (χ0) is 9.71. The van der Waals surface area contributed by atoms with E-state index in [1.807, 2.05) is 6.20 Å². The van der Waals surface area contributed by atoms with Gasteiger partial charge >= 0.3 is 0 Å².